The molecule has 0 aliphatic rings. The highest BCUT2D eigenvalue weighted by molar-refractivity contribution is 7.85. The molecule has 10 nitrogen and oxygen atoms in total. The highest BCUT2D eigenvalue weighted by Crippen LogP contribution is 2.20. The largest absolute Gasteiger partial charge is 0.369 e. The maximum Gasteiger partial charge on any atom is 0.294 e. The van der Waals surface area contributed by atoms with Crippen LogP contribution < -0.4 is 11.2 Å². The molecule has 2 rings (SSSR count). The Kier molecular flexibility index (Phi) is 7.84. The van der Waals surface area contributed by atoms with Crippen molar-refractivity contribution in [1.29, 1.82) is 5.41 Å². The maximum atomic E-state index is 10.6. The van der Waals surface area contributed by atoms with Gasteiger partial charge in [-0.05, 0) is 31.2 Å². The van der Waals surface area contributed by atoms with E-state index in [1.807, 2.05) is 6.92 Å². The van der Waals surface area contributed by atoms with Gasteiger partial charge in [0.1, 0.15) is 0 Å². The molecule has 12 heteroatoms. The third-order valence-electron chi connectivity index (χ3n) is 2.89. The minimum Gasteiger partial charge on any atom is -0.369 e. The van der Waals surface area contributed by atoms with Crippen LogP contribution in [0.5, 0.6) is 0 Å². The molecule has 0 radical (unpaired) electrons. The fourth-order valence-corrected chi connectivity index (χ4v) is 2.34. The number of hydrazone groups is 1. The van der Waals surface area contributed by atoms with E-state index in [-0.39, 0.29) is 22.1 Å². The van der Waals surface area contributed by atoms with E-state index in [9.17, 15) is 18.5 Å². The van der Waals surface area contributed by atoms with Crippen LogP contribution >= 0.6 is 11.6 Å². The van der Waals surface area contributed by atoms with Gasteiger partial charge >= 0.3 is 0 Å². The Morgan fingerprint density at radius 3 is 2.41 bits per heavy atom. The van der Waals surface area contributed by atoms with Crippen LogP contribution in [-0.4, -0.2) is 30.1 Å². The van der Waals surface area contributed by atoms with E-state index in [1.54, 1.807) is 12.1 Å². The van der Waals surface area contributed by atoms with Crippen molar-refractivity contribution in [2.24, 2.45) is 10.8 Å². The zero-order valence-corrected chi connectivity index (χ0v) is 15.5. The van der Waals surface area contributed by atoms with Gasteiger partial charge in [-0.3, -0.25) is 20.1 Å². The van der Waals surface area contributed by atoms with Gasteiger partial charge < -0.3 is 5.73 Å². The number of nitrogens with zero attached hydrogens (tertiary/aromatic N) is 2. The second-order valence-electron chi connectivity index (χ2n) is 5.03. The van der Waals surface area contributed by atoms with E-state index < -0.39 is 15.0 Å². The van der Waals surface area contributed by atoms with Crippen molar-refractivity contribution >= 4 is 39.6 Å². The number of benzene rings is 2. The number of nitro groups is 1. The van der Waals surface area contributed by atoms with Crippen LogP contribution in [0.1, 0.15) is 11.1 Å². The third kappa shape index (κ3) is 7.81. The summed E-state index contributed by atoms with van der Waals surface area (Å²) in [7, 11) is -4.02. The normalized spacial score (nSPS) is 10.8. The van der Waals surface area contributed by atoms with Crippen molar-refractivity contribution in [2.75, 3.05) is 0 Å². The second-order valence-corrected chi connectivity index (χ2v) is 6.89. The van der Waals surface area contributed by atoms with Crippen molar-refractivity contribution < 1.29 is 17.9 Å². The van der Waals surface area contributed by atoms with E-state index in [0.29, 0.717) is 5.02 Å². The molecule has 0 atom stereocenters. The average molecular weight is 414 g/mol. The molecule has 2 aromatic carbocycles. The number of guanidine groups is 1. The van der Waals surface area contributed by atoms with Crippen LogP contribution in [0.3, 0.4) is 0 Å². The summed E-state index contributed by atoms with van der Waals surface area (Å²) >= 11 is 5.69. The topological polar surface area (TPSA) is 172 Å². The molecule has 0 heterocycles. The number of rotatable bonds is 4. The molecule has 27 heavy (non-hydrogen) atoms. The van der Waals surface area contributed by atoms with Gasteiger partial charge in [0, 0.05) is 11.1 Å². The van der Waals surface area contributed by atoms with Gasteiger partial charge in [0.15, 0.2) is 0 Å². The van der Waals surface area contributed by atoms with Gasteiger partial charge in [0.05, 0.1) is 21.6 Å². The summed E-state index contributed by atoms with van der Waals surface area (Å²) in [5.41, 5.74) is 8.18. The SMILES string of the molecule is Cc1ccc(S(=O)(=O)O)cc1.N=C(N)N/N=C/c1cc(Cl)ccc1[N+](=O)[O-]. The Balaban J connectivity index is 0.000000289. The smallest absolute Gasteiger partial charge is 0.294 e. The lowest BCUT2D eigenvalue weighted by Gasteiger charge is -1.98. The molecule has 144 valence electrons. The molecule has 0 aliphatic heterocycles. The van der Waals surface area contributed by atoms with E-state index in [1.165, 1.54) is 36.5 Å². The first-order valence-corrected chi connectivity index (χ1v) is 8.93. The Morgan fingerprint density at radius 2 is 1.93 bits per heavy atom. The summed E-state index contributed by atoms with van der Waals surface area (Å²) in [6.45, 7) is 1.84. The highest BCUT2D eigenvalue weighted by atomic mass is 35.5. The number of nitrogens with two attached hydrogens (primary N) is 1. The molecule has 0 spiro atoms. The minimum atomic E-state index is -4.02. The van der Waals surface area contributed by atoms with Crippen LogP contribution in [0.2, 0.25) is 5.02 Å². The number of halogens is 1. The lowest BCUT2D eigenvalue weighted by atomic mass is 10.2. The first-order valence-electron chi connectivity index (χ1n) is 7.12. The molecule has 0 aromatic heterocycles. The highest BCUT2D eigenvalue weighted by Gasteiger charge is 2.11. The van der Waals surface area contributed by atoms with Gasteiger partial charge in [-0.1, -0.05) is 29.3 Å². The van der Waals surface area contributed by atoms with Crippen molar-refractivity contribution in [1.82, 2.24) is 5.43 Å². The summed E-state index contributed by atoms with van der Waals surface area (Å²) < 4.78 is 29.6. The van der Waals surface area contributed by atoms with Crippen LogP contribution in [0.4, 0.5) is 5.69 Å². The lowest BCUT2D eigenvalue weighted by Crippen LogP contribution is -2.25. The molecule has 0 fully saturated rings. The maximum absolute atomic E-state index is 10.6. The predicted octanol–water partition coefficient (Wildman–Crippen LogP) is 2.31. The van der Waals surface area contributed by atoms with E-state index >= 15 is 0 Å². The second kappa shape index (κ2) is 9.62. The van der Waals surface area contributed by atoms with E-state index in [0.717, 1.165) is 5.56 Å². The quantitative estimate of drug-likeness (QED) is 0.195. The standard InChI is InChI=1S/C8H8ClN5O2.C7H8O3S/c9-6-1-2-7(14(15)16)5(3-6)4-12-13-8(10)11;1-6-2-4-7(5-3-6)11(8,9)10/h1-4H,(H4,10,11,13);2-5H,1H3,(H,8,9,10)/b12-4+;. The fraction of sp³-hybridized carbons (Fsp3) is 0.0667. The first kappa shape index (κ1) is 22.0. The monoisotopic (exact) mass is 413 g/mol. The summed E-state index contributed by atoms with van der Waals surface area (Å²) in [5.74, 6) is -0.360. The molecule has 2 aromatic rings. The first-order chi connectivity index (χ1) is 12.5. The zero-order chi connectivity index (χ0) is 20.6. The van der Waals surface area contributed by atoms with Crippen molar-refractivity contribution in [3.05, 3.63) is 68.7 Å². The molecule has 0 unspecified atom stereocenters. The lowest BCUT2D eigenvalue weighted by molar-refractivity contribution is -0.385. The number of hydrogen-bond donors (Lipinski definition) is 4. The van der Waals surface area contributed by atoms with Crippen LogP contribution in [0.25, 0.3) is 0 Å². The van der Waals surface area contributed by atoms with Gasteiger partial charge in [-0.15, -0.1) is 0 Å². The Morgan fingerprint density at radius 1 is 1.33 bits per heavy atom. The number of hydrogen-bond acceptors (Lipinski definition) is 6. The van der Waals surface area contributed by atoms with Gasteiger partial charge in [0.2, 0.25) is 5.96 Å². The van der Waals surface area contributed by atoms with Crippen molar-refractivity contribution in [3.63, 3.8) is 0 Å². The Labute approximate surface area is 160 Å². The predicted molar refractivity (Wildman–Crippen MR) is 102 cm³/mol. The number of aryl methyl sites for hydroxylation is 1. The summed E-state index contributed by atoms with van der Waals surface area (Å²) in [4.78, 5) is 10.0. The molecule has 0 saturated carbocycles. The van der Waals surface area contributed by atoms with Crippen molar-refractivity contribution in [2.45, 2.75) is 11.8 Å². The summed E-state index contributed by atoms with van der Waals surface area (Å²) in [5, 5.41) is 21.4. The molecule has 5 N–H and O–H groups in total. The van der Waals surface area contributed by atoms with Crippen LogP contribution in [0.15, 0.2) is 52.5 Å². The molecule has 0 aliphatic carbocycles. The van der Waals surface area contributed by atoms with Crippen LogP contribution in [-0.2, 0) is 10.1 Å². The summed E-state index contributed by atoms with van der Waals surface area (Å²) in [6.07, 6.45) is 1.17. The molecule has 0 saturated heterocycles. The van der Waals surface area contributed by atoms with Crippen molar-refractivity contribution in [3.8, 4) is 0 Å². The Hall–Kier alpha value is -3.02. The molecule has 0 amide bonds. The molecule has 0 bridgehead atoms. The zero-order valence-electron chi connectivity index (χ0n) is 14.0. The molecular formula is C15H16ClN5O5S. The third-order valence-corrected chi connectivity index (χ3v) is 4.00. The number of nitrogens with one attached hydrogen (secondary N) is 2. The number of nitro benzene ring substituents is 1. The Bertz CT molecular complexity index is 961. The average Bonchev–Trinajstić information content (AvgIpc) is 2.54. The van der Waals surface area contributed by atoms with Gasteiger partial charge in [-0.2, -0.15) is 13.5 Å². The van der Waals surface area contributed by atoms with E-state index in [2.05, 4.69) is 10.5 Å². The summed E-state index contributed by atoms with van der Waals surface area (Å²) in [6, 6.07) is 10.1. The van der Waals surface area contributed by atoms with Gasteiger partial charge in [0.25, 0.3) is 15.8 Å². The van der Waals surface area contributed by atoms with Crippen LogP contribution in [0, 0.1) is 22.4 Å². The van der Waals surface area contributed by atoms with E-state index in [4.69, 9.17) is 27.3 Å². The minimum absolute atomic E-state index is 0.0666. The molecular weight excluding hydrogens is 398 g/mol. The van der Waals surface area contributed by atoms with Gasteiger partial charge in [-0.25, -0.2) is 5.43 Å². The fourth-order valence-electron chi connectivity index (χ4n) is 1.68.